The van der Waals surface area contributed by atoms with Crippen LogP contribution in [0.5, 0.6) is 0 Å². The molecule has 28 heavy (non-hydrogen) atoms. The fourth-order valence-corrected chi connectivity index (χ4v) is 1.13. The van der Waals surface area contributed by atoms with E-state index in [9.17, 15) is 14.4 Å². The van der Waals surface area contributed by atoms with E-state index >= 15 is 0 Å². The summed E-state index contributed by atoms with van der Waals surface area (Å²) in [5.41, 5.74) is 2.08. The zero-order valence-corrected chi connectivity index (χ0v) is 16.9. The van der Waals surface area contributed by atoms with Crippen molar-refractivity contribution in [1.82, 2.24) is 5.32 Å². The predicted molar refractivity (Wildman–Crippen MR) is 108 cm³/mol. The number of ether oxygens (including phenoxy) is 2. The van der Waals surface area contributed by atoms with Crippen LogP contribution in [-0.4, -0.2) is 36.8 Å². The first-order valence-electron chi connectivity index (χ1n) is 8.20. The molecule has 0 saturated carbocycles. The molecule has 7 nitrogen and oxygen atoms in total. The fraction of sp³-hybridized carbons (Fsp3) is 0.286. The quantitative estimate of drug-likeness (QED) is 0.420. The van der Waals surface area contributed by atoms with Crippen molar-refractivity contribution < 1.29 is 29.0 Å². The number of carboxylic acid groups (broad SMARTS) is 1. The molecule has 0 spiro atoms. The van der Waals surface area contributed by atoms with E-state index in [-0.39, 0.29) is 24.2 Å². The van der Waals surface area contributed by atoms with Crippen LogP contribution in [0.25, 0.3) is 0 Å². The highest BCUT2D eigenvalue weighted by Gasteiger charge is 2.02. The van der Waals surface area contributed by atoms with Crippen LogP contribution in [0.1, 0.15) is 26.3 Å². The SMILES string of the molecule is C=C(C)C(=O)NCOC.C=C(C)C(=O)O.C=C(C)C(=O)OCc1ccccc1. The Hall–Kier alpha value is -3.19. The number of nitrogens with one attached hydrogen (secondary N) is 1. The monoisotopic (exact) mass is 391 g/mol. The van der Waals surface area contributed by atoms with Gasteiger partial charge in [0, 0.05) is 23.8 Å². The summed E-state index contributed by atoms with van der Waals surface area (Å²) in [7, 11) is 1.51. The zero-order chi connectivity index (χ0) is 22.1. The molecule has 1 aromatic rings. The van der Waals surface area contributed by atoms with Gasteiger partial charge < -0.3 is 19.9 Å². The summed E-state index contributed by atoms with van der Waals surface area (Å²) in [4.78, 5) is 31.2. The highest BCUT2D eigenvalue weighted by atomic mass is 16.5. The highest BCUT2D eigenvalue weighted by Crippen LogP contribution is 2.02. The summed E-state index contributed by atoms with van der Waals surface area (Å²) in [5.74, 6) is -1.45. The van der Waals surface area contributed by atoms with E-state index in [1.165, 1.54) is 14.0 Å². The number of carboxylic acids is 1. The average Bonchev–Trinajstić information content (AvgIpc) is 2.65. The summed E-state index contributed by atoms with van der Waals surface area (Å²) < 4.78 is 9.54. The lowest BCUT2D eigenvalue weighted by Gasteiger charge is -2.03. The van der Waals surface area contributed by atoms with Gasteiger partial charge in [-0.1, -0.05) is 50.1 Å². The second-order valence-electron chi connectivity index (χ2n) is 5.65. The van der Waals surface area contributed by atoms with Crippen LogP contribution in [-0.2, 0) is 30.5 Å². The summed E-state index contributed by atoms with van der Waals surface area (Å²) >= 11 is 0. The molecule has 0 radical (unpaired) electrons. The molecule has 1 amide bonds. The molecule has 7 heteroatoms. The third-order valence-electron chi connectivity index (χ3n) is 2.69. The molecule has 0 saturated heterocycles. The molecule has 0 aliphatic rings. The van der Waals surface area contributed by atoms with Crippen LogP contribution in [0.4, 0.5) is 0 Å². The summed E-state index contributed by atoms with van der Waals surface area (Å²) in [6.45, 7) is 15.4. The maximum absolute atomic E-state index is 11.0. The Labute approximate surface area is 166 Å². The normalized spacial score (nSPS) is 8.71. The van der Waals surface area contributed by atoms with Crippen molar-refractivity contribution >= 4 is 17.8 Å². The minimum atomic E-state index is -0.935. The smallest absolute Gasteiger partial charge is 0.333 e. The molecule has 2 N–H and O–H groups in total. The lowest BCUT2D eigenvalue weighted by molar-refractivity contribution is -0.140. The van der Waals surface area contributed by atoms with Gasteiger partial charge >= 0.3 is 11.9 Å². The zero-order valence-electron chi connectivity index (χ0n) is 16.9. The number of esters is 1. The summed E-state index contributed by atoms with van der Waals surface area (Å²) in [6.07, 6.45) is 0. The van der Waals surface area contributed by atoms with Gasteiger partial charge in [0.25, 0.3) is 0 Å². The van der Waals surface area contributed by atoms with Crippen molar-refractivity contribution in [2.24, 2.45) is 0 Å². The van der Waals surface area contributed by atoms with Crippen LogP contribution in [0.2, 0.25) is 0 Å². The average molecular weight is 391 g/mol. The van der Waals surface area contributed by atoms with Gasteiger partial charge in [0.1, 0.15) is 13.3 Å². The maximum atomic E-state index is 11.0. The number of amides is 1. The van der Waals surface area contributed by atoms with Gasteiger partial charge in [0.15, 0.2) is 0 Å². The molecule has 1 aromatic carbocycles. The number of aliphatic carboxylic acids is 1. The van der Waals surface area contributed by atoms with Crippen LogP contribution in [0.3, 0.4) is 0 Å². The van der Waals surface area contributed by atoms with Crippen molar-refractivity contribution in [2.45, 2.75) is 27.4 Å². The van der Waals surface area contributed by atoms with Gasteiger partial charge in [0.2, 0.25) is 5.91 Å². The molecule has 0 unspecified atom stereocenters. The van der Waals surface area contributed by atoms with E-state index in [4.69, 9.17) is 9.84 Å². The first kappa shape index (κ1) is 27.0. The summed E-state index contributed by atoms with van der Waals surface area (Å²) in [6, 6.07) is 9.55. The Kier molecular flexibility index (Phi) is 15.5. The molecule has 0 aliphatic carbocycles. The Morgan fingerprint density at radius 3 is 1.82 bits per heavy atom. The molecule has 0 aromatic heterocycles. The van der Waals surface area contributed by atoms with Crippen LogP contribution < -0.4 is 5.32 Å². The lowest BCUT2D eigenvalue weighted by Crippen LogP contribution is -2.25. The molecule has 0 fully saturated rings. The van der Waals surface area contributed by atoms with E-state index in [0.717, 1.165) is 5.56 Å². The molecule has 1 rings (SSSR count). The molecule has 0 bridgehead atoms. The van der Waals surface area contributed by atoms with Crippen molar-refractivity contribution in [2.75, 3.05) is 13.8 Å². The van der Waals surface area contributed by atoms with Crippen molar-refractivity contribution in [1.29, 1.82) is 0 Å². The van der Waals surface area contributed by atoms with Gasteiger partial charge in [-0.15, -0.1) is 0 Å². The molecular formula is C21H29NO6. The van der Waals surface area contributed by atoms with Gasteiger partial charge in [-0.25, -0.2) is 9.59 Å². The third kappa shape index (κ3) is 16.3. The highest BCUT2D eigenvalue weighted by molar-refractivity contribution is 5.91. The minimum absolute atomic E-state index is 0.170. The molecule has 0 atom stereocenters. The van der Waals surface area contributed by atoms with Crippen LogP contribution in [0, 0.1) is 0 Å². The van der Waals surface area contributed by atoms with Gasteiger partial charge in [-0.3, -0.25) is 4.79 Å². The number of hydrogen-bond donors (Lipinski definition) is 2. The van der Waals surface area contributed by atoms with Crippen LogP contribution in [0.15, 0.2) is 66.8 Å². The topological polar surface area (TPSA) is 102 Å². The first-order valence-corrected chi connectivity index (χ1v) is 8.20. The molecule has 0 heterocycles. The second kappa shape index (κ2) is 16.0. The second-order valence-corrected chi connectivity index (χ2v) is 5.65. The van der Waals surface area contributed by atoms with Gasteiger partial charge in [-0.05, 0) is 26.3 Å². The Morgan fingerprint density at radius 1 is 0.964 bits per heavy atom. The minimum Gasteiger partial charge on any atom is -0.478 e. The van der Waals surface area contributed by atoms with E-state index in [1.807, 2.05) is 30.3 Å². The Bertz CT molecular complexity index is 667. The van der Waals surface area contributed by atoms with Crippen LogP contribution >= 0.6 is 0 Å². The number of hydrogen-bond acceptors (Lipinski definition) is 5. The van der Waals surface area contributed by atoms with Gasteiger partial charge in [0.05, 0.1) is 0 Å². The van der Waals surface area contributed by atoms with E-state index in [1.54, 1.807) is 13.8 Å². The summed E-state index contributed by atoms with van der Waals surface area (Å²) in [5, 5.41) is 10.4. The van der Waals surface area contributed by atoms with E-state index in [2.05, 4.69) is 29.8 Å². The molecular weight excluding hydrogens is 362 g/mol. The van der Waals surface area contributed by atoms with E-state index in [0.29, 0.717) is 17.8 Å². The fourth-order valence-electron chi connectivity index (χ4n) is 1.13. The third-order valence-corrected chi connectivity index (χ3v) is 2.69. The molecule has 0 aliphatic heterocycles. The number of benzene rings is 1. The Balaban J connectivity index is 0. The van der Waals surface area contributed by atoms with E-state index < -0.39 is 5.97 Å². The number of carbonyl (C=O) groups is 3. The van der Waals surface area contributed by atoms with Gasteiger partial charge in [-0.2, -0.15) is 0 Å². The first-order chi connectivity index (χ1) is 13.0. The van der Waals surface area contributed by atoms with Crippen molar-refractivity contribution in [3.05, 3.63) is 72.4 Å². The maximum Gasteiger partial charge on any atom is 0.333 e. The number of carbonyl (C=O) groups excluding carboxylic acids is 2. The lowest BCUT2D eigenvalue weighted by atomic mass is 10.2. The van der Waals surface area contributed by atoms with Crippen molar-refractivity contribution in [3.63, 3.8) is 0 Å². The predicted octanol–water partition coefficient (Wildman–Crippen LogP) is 3.24. The number of rotatable bonds is 7. The standard InChI is InChI=1S/C11H12O2.C6H11NO2.C4H6O2/c1-9(2)11(12)13-8-10-6-4-3-5-7-10;1-5(2)6(8)7-4-9-3;1-3(2)4(5)6/h3-7H,1,8H2,2H3;1,4H2,2-3H3,(H,7,8);1H2,2H3,(H,5,6). The van der Waals surface area contributed by atoms with Crippen molar-refractivity contribution in [3.8, 4) is 0 Å². The number of methoxy groups -OCH3 is 1. The molecule has 154 valence electrons. The Morgan fingerprint density at radius 2 is 1.46 bits per heavy atom. The largest absolute Gasteiger partial charge is 0.478 e.